The van der Waals surface area contributed by atoms with Gasteiger partial charge in [0.25, 0.3) is 0 Å². The predicted molar refractivity (Wildman–Crippen MR) is 110 cm³/mol. The Morgan fingerprint density at radius 3 is 2.41 bits per heavy atom. The number of aryl methyl sites for hydroxylation is 2. The van der Waals surface area contributed by atoms with E-state index in [0.29, 0.717) is 12.4 Å². The third-order valence-electron chi connectivity index (χ3n) is 3.93. The maximum atomic E-state index is 11.2. The number of thioether (sulfide) groups is 1. The summed E-state index contributed by atoms with van der Waals surface area (Å²) in [6.07, 6.45) is 0. The van der Waals surface area contributed by atoms with Gasteiger partial charge in [-0.1, -0.05) is 24.3 Å². The van der Waals surface area contributed by atoms with Crippen molar-refractivity contribution in [2.24, 2.45) is 0 Å². The largest absolute Gasteiger partial charge is 0.489 e. The number of rotatable bonds is 9. The van der Waals surface area contributed by atoms with Crippen molar-refractivity contribution in [3.8, 4) is 11.5 Å². The van der Waals surface area contributed by atoms with Crippen molar-refractivity contribution in [2.75, 3.05) is 12.4 Å². The molecular formula is C22H26O4S. The highest BCUT2D eigenvalue weighted by Crippen LogP contribution is 2.29. The minimum absolute atomic E-state index is 0.475. The van der Waals surface area contributed by atoms with E-state index >= 15 is 0 Å². The van der Waals surface area contributed by atoms with Gasteiger partial charge in [-0.3, -0.25) is 0 Å². The molecule has 0 bridgehead atoms. The van der Waals surface area contributed by atoms with Crippen molar-refractivity contribution in [1.29, 1.82) is 0 Å². The van der Waals surface area contributed by atoms with Gasteiger partial charge in [-0.05, 0) is 69.2 Å². The number of carbonyl (C=O) groups is 1. The lowest BCUT2D eigenvalue weighted by molar-refractivity contribution is -0.152. The van der Waals surface area contributed by atoms with Crippen LogP contribution in [0.3, 0.4) is 0 Å². The highest BCUT2D eigenvalue weighted by Gasteiger charge is 2.29. The molecule has 0 saturated heterocycles. The minimum Gasteiger partial charge on any atom is -0.489 e. The molecule has 2 aromatic rings. The Kier molecular flexibility index (Phi) is 6.97. The first kappa shape index (κ1) is 20.9. The molecule has 0 aliphatic rings. The number of hydrogen-bond acceptors (Lipinski definition) is 4. The van der Waals surface area contributed by atoms with E-state index in [1.54, 1.807) is 11.8 Å². The van der Waals surface area contributed by atoms with Gasteiger partial charge in [0.2, 0.25) is 0 Å². The fourth-order valence-electron chi connectivity index (χ4n) is 2.19. The molecule has 0 saturated carbocycles. The monoisotopic (exact) mass is 386 g/mol. The summed E-state index contributed by atoms with van der Waals surface area (Å²) in [7, 11) is 0. The van der Waals surface area contributed by atoms with E-state index in [0.717, 1.165) is 27.5 Å². The third-order valence-corrected chi connectivity index (χ3v) is 5.07. The van der Waals surface area contributed by atoms with Gasteiger partial charge in [0, 0.05) is 10.6 Å². The lowest BCUT2D eigenvalue weighted by Crippen LogP contribution is -2.38. The van der Waals surface area contributed by atoms with Crippen LogP contribution in [0.4, 0.5) is 0 Å². The van der Waals surface area contributed by atoms with Crippen molar-refractivity contribution in [3.05, 3.63) is 65.7 Å². The minimum atomic E-state index is -1.26. The molecule has 0 atom stereocenters. The van der Waals surface area contributed by atoms with E-state index in [9.17, 15) is 9.90 Å². The maximum Gasteiger partial charge on any atom is 0.347 e. The summed E-state index contributed by atoms with van der Waals surface area (Å²) in [5.41, 5.74) is 1.83. The summed E-state index contributed by atoms with van der Waals surface area (Å²) >= 11 is 1.66. The number of carboxylic acid groups (broad SMARTS) is 1. The van der Waals surface area contributed by atoms with Gasteiger partial charge < -0.3 is 14.6 Å². The van der Waals surface area contributed by atoms with E-state index in [1.807, 2.05) is 56.3 Å². The highest BCUT2D eigenvalue weighted by atomic mass is 32.2. The molecule has 144 valence electrons. The molecule has 0 unspecified atom stereocenters. The van der Waals surface area contributed by atoms with Crippen LogP contribution >= 0.6 is 11.8 Å². The summed E-state index contributed by atoms with van der Waals surface area (Å²) in [5, 5.41) is 9.19. The smallest absolute Gasteiger partial charge is 0.347 e. The van der Waals surface area contributed by atoms with Crippen LogP contribution in [0, 0.1) is 13.8 Å². The average molecular weight is 387 g/mol. The first-order valence-electron chi connectivity index (χ1n) is 8.69. The van der Waals surface area contributed by atoms with Crippen LogP contribution < -0.4 is 9.47 Å². The fraction of sp³-hybridized carbons (Fsp3) is 0.318. The second kappa shape index (κ2) is 9.00. The third kappa shape index (κ3) is 6.36. The molecule has 0 amide bonds. The molecule has 0 fully saturated rings. The molecule has 0 aromatic heterocycles. The zero-order chi connectivity index (χ0) is 20.0. The molecule has 0 aliphatic carbocycles. The van der Waals surface area contributed by atoms with Crippen LogP contribution in [0.15, 0.2) is 59.5 Å². The molecule has 27 heavy (non-hydrogen) atoms. The normalized spacial score (nSPS) is 11.1. The molecular weight excluding hydrogens is 360 g/mol. The first-order valence-corrected chi connectivity index (χ1v) is 9.68. The number of carboxylic acids is 1. The van der Waals surface area contributed by atoms with Crippen LogP contribution in [0.5, 0.6) is 11.5 Å². The Hall–Kier alpha value is -2.40. The Bertz CT molecular complexity index is 810. The Morgan fingerprint density at radius 1 is 1.15 bits per heavy atom. The van der Waals surface area contributed by atoms with E-state index in [2.05, 4.69) is 6.58 Å². The number of benzene rings is 2. The summed E-state index contributed by atoms with van der Waals surface area (Å²) in [6.45, 7) is 11.6. The standard InChI is InChI=1S/C22H26O4S/c1-15-6-8-18(9-7-15)25-13-16(2)14-27-19-10-11-20(17(3)12-19)26-22(4,5)21(23)24/h6-12H,2,13-14H2,1,3-5H3,(H,23,24). The molecule has 1 N–H and O–H groups in total. The van der Waals surface area contributed by atoms with Gasteiger partial charge >= 0.3 is 5.97 Å². The van der Waals surface area contributed by atoms with E-state index in [-0.39, 0.29) is 0 Å². The Balaban J connectivity index is 1.86. The molecule has 2 rings (SSSR count). The fourth-order valence-corrected chi connectivity index (χ4v) is 3.07. The zero-order valence-electron chi connectivity index (χ0n) is 16.2. The van der Waals surface area contributed by atoms with Crippen molar-refractivity contribution in [3.63, 3.8) is 0 Å². The van der Waals surface area contributed by atoms with Gasteiger partial charge in [0.05, 0.1) is 0 Å². The van der Waals surface area contributed by atoms with Crippen molar-refractivity contribution >= 4 is 17.7 Å². The summed E-state index contributed by atoms with van der Waals surface area (Å²) in [5.74, 6) is 1.16. The van der Waals surface area contributed by atoms with Crippen LogP contribution in [0.2, 0.25) is 0 Å². The summed E-state index contributed by atoms with van der Waals surface area (Å²) < 4.78 is 11.4. The lowest BCUT2D eigenvalue weighted by Gasteiger charge is -2.23. The second-order valence-corrected chi connectivity index (χ2v) is 8.03. The Labute approximate surface area is 165 Å². The van der Waals surface area contributed by atoms with Gasteiger partial charge in [0.1, 0.15) is 18.1 Å². The summed E-state index contributed by atoms with van der Waals surface area (Å²) in [4.78, 5) is 12.3. The van der Waals surface area contributed by atoms with Crippen LogP contribution in [-0.2, 0) is 4.79 Å². The van der Waals surface area contributed by atoms with Crippen molar-refractivity contribution in [2.45, 2.75) is 38.2 Å². The van der Waals surface area contributed by atoms with Crippen LogP contribution in [0.1, 0.15) is 25.0 Å². The number of ether oxygens (including phenoxy) is 2. The van der Waals surface area contributed by atoms with Gasteiger partial charge in [-0.15, -0.1) is 11.8 Å². The summed E-state index contributed by atoms with van der Waals surface area (Å²) in [6, 6.07) is 13.7. The Morgan fingerprint density at radius 2 is 1.81 bits per heavy atom. The van der Waals surface area contributed by atoms with Crippen LogP contribution in [0.25, 0.3) is 0 Å². The maximum absolute atomic E-state index is 11.2. The van der Waals surface area contributed by atoms with Crippen LogP contribution in [-0.4, -0.2) is 29.0 Å². The second-order valence-electron chi connectivity index (χ2n) is 6.99. The number of hydrogen-bond donors (Lipinski definition) is 1. The van der Waals surface area contributed by atoms with Gasteiger partial charge in [-0.2, -0.15) is 0 Å². The highest BCUT2D eigenvalue weighted by molar-refractivity contribution is 7.99. The topological polar surface area (TPSA) is 55.8 Å². The molecule has 0 aliphatic heterocycles. The molecule has 0 radical (unpaired) electrons. The quantitative estimate of drug-likeness (QED) is 0.470. The van der Waals surface area contributed by atoms with Crippen molar-refractivity contribution < 1.29 is 19.4 Å². The molecule has 0 heterocycles. The van der Waals surface area contributed by atoms with Gasteiger partial charge in [-0.25, -0.2) is 4.79 Å². The lowest BCUT2D eigenvalue weighted by atomic mass is 10.1. The predicted octanol–water partition coefficient (Wildman–Crippen LogP) is 5.27. The van der Waals surface area contributed by atoms with E-state index in [1.165, 1.54) is 19.4 Å². The molecule has 2 aromatic carbocycles. The first-order chi connectivity index (χ1) is 12.7. The zero-order valence-corrected chi connectivity index (χ0v) is 17.1. The van der Waals surface area contributed by atoms with Crippen molar-refractivity contribution in [1.82, 2.24) is 0 Å². The SMILES string of the molecule is C=C(COc1ccc(C)cc1)CSc1ccc(OC(C)(C)C(=O)O)c(C)c1. The van der Waals surface area contributed by atoms with Gasteiger partial charge in [0.15, 0.2) is 5.60 Å². The number of aliphatic carboxylic acids is 1. The van der Waals surface area contributed by atoms with E-state index < -0.39 is 11.6 Å². The average Bonchev–Trinajstić information content (AvgIpc) is 2.61. The molecule has 0 spiro atoms. The van der Waals surface area contributed by atoms with E-state index in [4.69, 9.17) is 9.47 Å². The molecule has 4 nitrogen and oxygen atoms in total. The molecule has 5 heteroatoms.